The highest BCUT2D eigenvalue weighted by Gasteiger charge is 2.26. The van der Waals surface area contributed by atoms with Crippen molar-refractivity contribution in [3.63, 3.8) is 0 Å². The van der Waals surface area contributed by atoms with Gasteiger partial charge >= 0.3 is 11.9 Å². The first-order valence-electron chi connectivity index (χ1n) is 12.6. The second-order valence-electron chi connectivity index (χ2n) is 12.1. The van der Waals surface area contributed by atoms with Gasteiger partial charge in [0.15, 0.2) is 0 Å². The Morgan fingerprint density at radius 3 is 1.30 bits per heavy atom. The Balaban J connectivity index is 2.15. The van der Waals surface area contributed by atoms with Crippen LogP contribution in [0.1, 0.15) is 74.9 Å². The molecule has 2 aromatic rings. The van der Waals surface area contributed by atoms with Gasteiger partial charge in [-0.25, -0.2) is 0 Å². The SMILES string of the molecule is Cc1cc(CC(CSCC(Cc2cc(C)c(O)c(C(C)(C)C)c2)C(=O)O)C(=O)O)cc(C(C)(C)C)c1O. The van der Waals surface area contributed by atoms with Gasteiger partial charge in [0.1, 0.15) is 11.5 Å². The van der Waals surface area contributed by atoms with Crippen LogP contribution in [0.3, 0.4) is 0 Å². The second-order valence-corrected chi connectivity index (χ2v) is 13.2. The first-order chi connectivity index (χ1) is 16.9. The van der Waals surface area contributed by atoms with E-state index in [1.807, 2.05) is 79.7 Å². The summed E-state index contributed by atoms with van der Waals surface area (Å²) >= 11 is 1.34. The number of hydrogen-bond acceptors (Lipinski definition) is 5. The molecule has 0 aliphatic heterocycles. The highest BCUT2D eigenvalue weighted by Crippen LogP contribution is 2.36. The Labute approximate surface area is 225 Å². The molecule has 0 saturated heterocycles. The maximum atomic E-state index is 12.0. The third-order valence-corrected chi connectivity index (χ3v) is 7.91. The highest BCUT2D eigenvalue weighted by molar-refractivity contribution is 7.99. The van der Waals surface area contributed by atoms with Crippen LogP contribution in [0, 0.1) is 25.7 Å². The number of aryl methyl sites for hydroxylation is 2. The van der Waals surface area contributed by atoms with Gasteiger partial charge in [-0.1, -0.05) is 65.8 Å². The number of phenols is 2. The van der Waals surface area contributed by atoms with E-state index in [2.05, 4.69) is 0 Å². The molecular formula is C30H42O6S. The highest BCUT2D eigenvalue weighted by atomic mass is 32.2. The van der Waals surface area contributed by atoms with E-state index in [4.69, 9.17) is 0 Å². The number of hydrogen-bond donors (Lipinski definition) is 4. The Morgan fingerprint density at radius 2 is 1.03 bits per heavy atom. The predicted molar refractivity (Wildman–Crippen MR) is 150 cm³/mol. The molecule has 2 atom stereocenters. The van der Waals surface area contributed by atoms with Crippen LogP contribution in [0.5, 0.6) is 11.5 Å². The number of rotatable bonds is 10. The van der Waals surface area contributed by atoms with Gasteiger partial charge in [-0.3, -0.25) is 9.59 Å². The van der Waals surface area contributed by atoms with E-state index in [0.29, 0.717) is 24.0 Å². The molecule has 2 unspecified atom stereocenters. The van der Waals surface area contributed by atoms with E-state index in [0.717, 1.165) is 22.3 Å². The molecule has 2 rings (SSSR count). The Bertz CT molecular complexity index is 1050. The zero-order valence-corrected chi connectivity index (χ0v) is 24.1. The summed E-state index contributed by atoms with van der Waals surface area (Å²) in [5.41, 5.74) is 4.11. The number of thioether (sulfide) groups is 1. The van der Waals surface area contributed by atoms with Gasteiger partial charge < -0.3 is 20.4 Å². The number of benzene rings is 2. The van der Waals surface area contributed by atoms with Gasteiger partial charge in [0, 0.05) is 11.5 Å². The fourth-order valence-electron chi connectivity index (χ4n) is 4.44. The fourth-order valence-corrected chi connectivity index (χ4v) is 5.67. The molecule has 0 aliphatic carbocycles. The van der Waals surface area contributed by atoms with Gasteiger partial charge in [0.2, 0.25) is 0 Å². The molecule has 0 heterocycles. The first-order valence-corrected chi connectivity index (χ1v) is 13.8. The molecule has 0 spiro atoms. The number of carboxylic acid groups (broad SMARTS) is 2. The molecule has 0 aromatic heterocycles. The Kier molecular flexibility index (Phi) is 9.75. The van der Waals surface area contributed by atoms with Crippen LogP contribution >= 0.6 is 11.8 Å². The average molecular weight is 531 g/mol. The fraction of sp³-hybridized carbons (Fsp3) is 0.533. The molecule has 0 aliphatic rings. The molecule has 7 heteroatoms. The van der Waals surface area contributed by atoms with Crippen molar-refractivity contribution in [3.05, 3.63) is 57.6 Å². The minimum absolute atomic E-state index is 0.237. The first kappa shape index (κ1) is 30.6. The van der Waals surface area contributed by atoms with E-state index in [-0.39, 0.29) is 33.8 Å². The molecule has 6 nitrogen and oxygen atoms in total. The van der Waals surface area contributed by atoms with Gasteiger partial charge in [-0.2, -0.15) is 11.8 Å². The van der Waals surface area contributed by atoms with Gasteiger partial charge in [0.05, 0.1) is 11.8 Å². The van der Waals surface area contributed by atoms with Gasteiger partial charge in [0.25, 0.3) is 0 Å². The summed E-state index contributed by atoms with van der Waals surface area (Å²) in [6, 6.07) is 7.41. The zero-order chi connectivity index (χ0) is 28.3. The monoisotopic (exact) mass is 530 g/mol. The third-order valence-electron chi connectivity index (χ3n) is 6.64. The van der Waals surface area contributed by atoms with E-state index >= 15 is 0 Å². The predicted octanol–water partition coefficient (Wildman–Crippen LogP) is 6.23. The largest absolute Gasteiger partial charge is 0.507 e. The maximum Gasteiger partial charge on any atom is 0.307 e. The van der Waals surface area contributed by atoms with Crippen LogP contribution in [0.4, 0.5) is 0 Å². The lowest BCUT2D eigenvalue weighted by atomic mass is 9.83. The van der Waals surface area contributed by atoms with Crippen molar-refractivity contribution in [3.8, 4) is 11.5 Å². The van der Waals surface area contributed by atoms with E-state index < -0.39 is 23.8 Å². The minimum Gasteiger partial charge on any atom is -0.507 e. The smallest absolute Gasteiger partial charge is 0.307 e. The number of aromatic hydroxyl groups is 2. The molecule has 0 radical (unpaired) electrons. The molecule has 0 amide bonds. The lowest BCUT2D eigenvalue weighted by Gasteiger charge is -2.24. The number of carbonyl (C=O) groups is 2. The van der Waals surface area contributed by atoms with Crippen LogP contribution in [-0.2, 0) is 33.3 Å². The summed E-state index contributed by atoms with van der Waals surface area (Å²) in [6.07, 6.45) is 0.604. The van der Waals surface area contributed by atoms with Crippen LogP contribution in [-0.4, -0.2) is 43.9 Å². The van der Waals surface area contributed by atoms with Crippen molar-refractivity contribution >= 4 is 23.7 Å². The van der Waals surface area contributed by atoms with E-state index in [1.54, 1.807) is 0 Å². The summed E-state index contributed by atoms with van der Waals surface area (Å²) in [7, 11) is 0. The Hall–Kier alpha value is -2.67. The van der Waals surface area contributed by atoms with Crippen molar-refractivity contribution in [1.82, 2.24) is 0 Å². The van der Waals surface area contributed by atoms with Crippen LogP contribution in [0.15, 0.2) is 24.3 Å². The van der Waals surface area contributed by atoms with Crippen molar-refractivity contribution < 1.29 is 30.0 Å². The van der Waals surface area contributed by atoms with Gasteiger partial charge in [-0.05, 0) is 70.9 Å². The summed E-state index contributed by atoms with van der Waals surface area (Å²) < 4.78 is 0. The molecule has 2 aromatic carbocycles. The lowest BCUT2D eigenvalue weighted by Crippen LogP contribution is -2.23. The standard InChI is InChI=1S/C30H42O6S/c1-17-9-19(13-23(25(17)31)29(3,4)5)11-21(27(33)34)15-37-16-22(28(35)36)12-20-10-18(2)26(32)24(14-20)30(6,7)8/h9-10,13-14,21-22,31-32H,11-12,15-16H2,1-8H3,(H,33,34)(H,35,36). The van der Waals surface area contributed by atoms with Crippen molar-refractivity contribution in [1.29, 1.82) is 0 Å². The summed E-state index contributed by atoms with van der Waals surface area (Å²) in [5, 5.41) is 40.7. The topological polar surface area (TPSA) is 115 Å². The molecule has 204 valence electrons. The molecular weight excluding hydrogens is 488 g/mol. The summed E-state index contributed by atoms with van der Waals surface area (Å²) in [4.78, 5) is 24.1. The normalized spacial score (nSPS) is 13.8. The third kappa shape index (κ3) is 8.16. The molecule has 0 saturated carbocycles. The molecule has 37 heavy (non-hydrogen) atoms. The van der Waals surface area contributed by atoms with Crippen LogP contribution in [0.25, 0.3) is 0 Å². The van der Waals surface area contributed by atoms with Crippen molar-refractivity contribution in [2.24, 2.45) is 11.8 Å². The lowest BCUT2D eigenvalue weighted by molar-refractivity contribution is -0.141. The minimum atomic E-state index is -0.925. The van der Waals surface area contributed by atoms with E-state index in [9.17, 15) is 30.0 Å². The van der Waals surface area contributed by atoms with Crippen LogP contribution in [0.2, 0.25) is 0 Å². The number of aliphatic carboxylic acids is 2. The summed E-state index contributed by atoms with van der Waals surface area (Å²) in [6.45, 7) is 15.6. The van der Waals surface area contributed by atoms with Crippen LogP contribution < -0.4 is 0 Å². The number of carboxylic acids is 2. The molecule has 0 bridgehead atoms. The second kappa shape index (κ2) is 11.8. The quantitative estimate of drug-likeness (QED) is 0.288. The zero-order valence-electron chi connectivity index (χ0n) is 23.3. The van der Waals surface area contributed by atoms with Crippen molar-refractivity contribution in [2.45, 2.75) is 79.1 Å². The Morgan fingerprint density at radius 1 is 0.703 bits per heavy atom. The maximum absolute atomic E-state index is 12.0. The van der Waals surface area contributed by atoms with E-state index in [1.165, 1.54) is 11.8 Å². The molecule has 4 N–H and O–H groups in total. The van der Waals surface area contributed by atoms with Gasteiger partial charge in [-0.15, -0.1) is 0 Å². The number of phenolic OH excluding ortho intramolecular Hbond substituents is 2. The summed E-state index contributed by atoms with van der Waals surface area (Å²) in [5.74, 6) is -2.17. The average Bonchev–Trinajstić information content (AvgIpc) is 2.74. The molecule has 0 fully saturated rings. The van der Waals surface area contributed by atoms with Crippen molar-refractivity contribution in [2.75, 3.05) is 11.5 Å².